The van der Waals surface area contributed by atoms with Crippen LogP contribution in [0.3, 0.4) is 0 Å². The van der Waals surface area contributed by atoms with Crippen LogP contribution in [0.25, 0.3) is 22.9 Å². The number of ether oxygens (including phenoxy) is 2. The Kier molecular flexibility index (Phi) is 7.50. The number of rotatable bonds is 8. The second-order valence-corrected chi connectivity index (χ2v) is 8.19. The fourth-order valence-corrected chi connectivity index (χ4v) is 4.01. The van der Waals surface area contributed by atoms with Gasteiger partial charge in [0.15, 0.2) is 18.1 Å². The third-order valence-electron chi connectivity index (χ3n) is 4.91. The first-order chi connectivity index (χ1) is 17.1. The number of halogens is 1. The summed E-state index contributed by atoms with van der Waals surface area (Å²) in [5, 5.41) is 14.8. The van der Waals surface area contributed by atoms with Crippen LogP contribution < -0.4 is 14.8 Å². The van der Waals surface area contributed by atoms with Crippen molar-refractivity contribution >= 4 is 34.6 Å². The standard InChI is InChI=1S/C27H20FN3O3S/c1-33-25-14-18(7-12-24(25)34-16-26(32)30-22-5-3-2-4-6-22)13-20(15-29)27-31-23(17-35-27)19-8-10-21(28)11-9-19/h2-14,17H,16H2,1H3,(H,30,32)/b20-13+. The van der Waals surface area contributed by atoms with E-state index in [1.165, 1.54) is 30.6 Å². The Morgan fingerprint density at radius 3 is 2.60 bits per heavy atom. The summed E-state index contributed by atoms with van der Waals surface area (Å²) in [5.41, 5.74) is 3.20. The van der Waals surface area contributed by atoms with Gasteiger partial charge in [0.2, 0.25) is 0 Å². The van der Waals surface area contributed by atoms with Crippen LogP contribution in [0, 0.1) is 17.1 Å². The number of nitriles is 1. The summed E-state index contributed by atoms with van der Waals surface area (Å²) < 4.78 is 24.2. The minimum absolute atomic E-state index is 0.185. The van der Waals surface area contributed by atoms with Crippen molar-refractivity contribution in [3.63, 3.8) is 0 Å². The van der Waals surface area contributed by atoms with Crippen LogP contribution in [0.1, 0.15) is 10.6 Å². The Balaban J connectivity index is 1.47. The zero-order chi connectivity index (χ0) is 24.6. The second kappa shape index (κ2) is 11.1. The summed E-state index contributed by atoms with van der Waals surface area (Å²) in [6.07, 6.45) is 1.70. The number of aromatic nitrogens is 1. The van der Waals surface area contributed by atoms with E-state index in [1.54, 1.807) is 48.5 Å². The smallest absolute Gasteiger partial charge is 0.262 e. The molecule has 0 spiro atoms. The number of methoxy groups -OCH3 is 1. The quantitative estimate of drug-likeness (QED) is 0.308. The topological polar surface area (TPSA) is 84.2 Å². The van der Waals surface area contributed by atoms with E-state index in [-0.39, 0.29) is 18.3 Å². The zero-order valence-corrected chi connectivity index (χ0v) is 19.5. The number of hydrogen-bond donors (Lipinski definition) is 1. The molecule has 0 radical (unpaired) electrons. The number of hydrogen-bond acceptors (Lipinski definition) is 6. The number of nitrogens with one attached hydrogen (secondary N) is 1. The summed E-state index contributed by atoms with van der Waals surface area (Å²) in [4.78, 5) is 16.7. The van der Waals surface area contributed by atoms with E-state index in [1.807, 2.05) is 23.6 Å². The average molecular weight is 486 g/mol. The molecule has 0 atom stereocenters. The van der Waals surface area contributed by atoms with E-state index >= 15 is 0 Å². The van der Waals surface area contributed by atoms with E-state index < -0.39 is 0 Å². The van der Waals surface area contributed by atoms with Crippen LogP contribution >= 0.6 is 11.3 Å². The monoisotopic (exact) mass is 485 g/mol. The van der Waals surface area contributed by atoms with Crippen molar-refractivity contribution in [1.82, 2.24) is 4.98 Å². The summed E-state index contributed by atoms with van der Waals surface area (Å²) in [6, 6.07) is 22.5. The molecule has 0 unspecified atom stereocenters. The van der Waals surface area contributed by atoms with Crippen molar-refractivity contribution in [2.75, 3.05) is 19.0 Å². The first-order valence-electron chi connectivity index (χ1n) is 10.5. The molecule has 0 aliphatic heterocycles. The molecule has 35 heavy (non-hydrogen) atoms. The number of allylic oxidation sites excluding steroid dienone is 1. The molecule has 1 N–H and O–H groups in total. The third-order valence-corrected chi connectivity index (χ3v) is 5.79. The number of nitrogens with zero attached hydrogens (tertiary/aromatic N) is 2. The highest BCUT2D eigenvalue weighted by Crippen LogP contribution is 2.31. The minimum atomic E-state index is -0.319. The molecule has 0 aliphatic rings. The molecule has 1 amide bonds. The van der Waals surface area contributed by atoms with Gasteiger partial charge in [0.1, 0.15) is 16.9 Å². The number of anilines is 1. The van der Waals surface area contributed by atoms with Gasteiger partial charge in [-0.3, -0.25) is 4.79 Å². The second-order valence-electron chi connectivity index (χ2n) is 7.33. The molecule has 3 aromatic carbocycles. The number of amides is 1. The lowest BCUT2D eigenvalue weighted by molar-refractivity contribution is -0.118. The predicted molar refractivity (Wildman–Crippen MR) is 135 cm³/mol. The number of carbonyl (C=O) groups excluding carboxylic acids is 1. The lowest BCUT2D eigenvalue weighted by Crippen LogP contribution is -2.20. The Bertz CT molecular complexity index is 1390. The fourth-order valence-electron chi connectivity index (χ4n) is 3.21. The highest BCUT2D eigenvalue weighted by Gasteiger charge is 2.12. The van der Waals surface area contributed by atoms with Gasteiger partial charge in [-0.05, 0) is 60.2 Å². The first kappa shape index (κ1) is 23.7. The highest BCUT2D eigenvalue weighted by atomic mass is 32.1. The van der Waals surface area contributed by atoms with E-state index in [4.69, 9.17) is 9.47 Å². The number of carbonyl (C=O) groups is 1. The van der Waals surface area contributed by atoms with Crippen LogP contribution in [0.4, 0.5) is 10.1 Å². The molecule has 0 aliphatic carbocycles. The summed E-state index contributed by atoms with van der Waals surface area (Å²) in [7, 11) is 1.50. The maximum atomic E-state index is 13.2. The highest BCUT2D eigenvalue weighted by molar-refractivity contribution is 7.11. The van der Waals surface area contributed by atoms with Crippen molar-refractivity contribution in [3.05, 3.63) is 94.6 Å². The van der Waals surface area contributed by atoms with Crippen LogP contribution in [0.5, 0.6) is 11.5 Å². The van der Waals surface area contributed by atoms with Crippen molar-refractivity contribution in [2.24, 2.45) is 0 Å². The number of para-hydroxylation sites is 1. The summed E-state index contributed by atoms with van der Waals surface area (Å²) in [5.74, 6) is 0.212. The third kappa shape index (κ3) is 6.10. The molecular formula is C27H20FN3O3S. The SMILES string of the molecule is COc1cc(/C=C(\C#N)c2nc(-c3ccc(F)cc3)cs2)ccc1OCC(=O)Nc1ccccc1. The molecular weight excluding hydrogens is 465 g/mol. The summed E-state index contributed by atoms with van der Waals surface area (Å²) in [6.45, 7) is -0.185. The lowest BCUT2D eigenvalue weighted by Gasteiger charge is -2.11. The van der Waals surface area contributed by atoms with Crippen molar-refractivity contribution in [2.45, 2.75) is 0 Å². The molecule has 0 saturated heterocycles. The van der Waals surface area contributed by atoms with E-state index in [9.17, 15) is 14.4 Å². The van der Waals surface area contributed by atoms with Gasteiger partial charge in [-0.15, -0.1) is 11.3 Å². The Morgan fingerprint density at radius 1 is 1.11 bits per heavy atom. The van der Waals surface area contributed by atoms with Crippen molar-refractivity contribution in [3.8, 4) is 28.8 Å². The molecule has 4 rings (SSSR count). The number of benzene rings is 3. The molecule has 8 heteroatoms. The van der Waals surface area contributed by atoms with E-state index in [0.29, 0.717) is 39.0 Å². The number of thiazole rings is 1. The van der Waals surface area contributed by atoms with Crippen molar-refractivity contribution < 1.29 is 18.7 Å². The Morgan fingerprint density at radius 2 is 1.89 bits per heavy atom. The van der Waals surface area contributed by atoms with Crippen LogP contribution in [0.2, 0.25) is 0 Å². The molecule has 1 aromatic heterocycles. The molecule has 0 bridgehead atoms. The Labute approximate surface area is 205 Å². The first-order valence-corrected chi connectivity index (χ1v) is 11.4. The average Bonchev–Trinajstić information content (AvgIpc) is 3.37. The summed E-state index contributed by atoms with van der Waals surface area (Å²) >= 11 is 1.33. The maximum Gasteiger partial charge on any atom is 0.262 e. The zero-order valence-electron chi connectivity index (χ0n) is 18.7. The lowest BCUT2D eigenvalue weighted by atomic mass is 10.1. The maximum absolute atomic E-state index is 13.2. The largest absolute Gasteiger partial charge is 0.493 e. The van der Waals surface area contributed by atoms with Gasteiger partial charge in [0, 0.05) is 16.6 Å². The van der Waals surface area contributed by atoms with Gasteiger partial charge in [-0.2, -0.15) is 5.26 Å². The van der Waals surface area contributed by atoms with Gasteiger partial charge in [0.05, 0.1) is 18.4 Å². The van der Waals surface area contributed by atoms with Gasteiger partial charge in [-0.25, -0.2) is 9.37 Å². The normalized spacial score (nSPS) is 10.9. The molecule has 1 heterocycles. The molecule has 0 saturated carbocycles. The fraction of sp³-hybridized carbons (Fsp3) is 0.0741. The molecule has 0 fully saturated rings. The Hall–Kier alpha value is -4.48. The van der Waals surface area contributed by atoms with E-state index in [0.717, 1.165) is 5.56 Å². The van der Waals surface area contributed by atoms with Crippen LogP contribution in [-0.4, -0.2) is 24.6 Å². The van der Waals surface area contributed by atoms with Gasteiger partial charge in [-0.1, -0.05) is 24.3 Å². The van der Waals surface area contributed by atoms with E-state index in [2.05, 4.69) is 16.4 Å². The van der Waals surface area contributed by atoms with Gasteiger partial charge in [0.25, 0.3) is 5.91 Å². The van der Waals surface area contributed by atoms with Crippen LogP contribution in [-0.2, 0) is 4.79 Å². The molecule has 4 aromatic rings. The molecule has 6 nitrogen and oxygen atoms in total. The van der Waals surface area contributed by atoms with Gasteiger partial charge >= 0.3 is 0 Å². The predicted octanol–water partition coefficient (Wildman–Crippen LogP) is 6.04. The van der Waals surface area contributed by atoms with Crippen LogP contribution in [0.15, 0.2) is 78.2 Å². The molecule has 174 valence electrons. The van der Waals surface area contributed by atoms with Crippen molar-refractivity contribution in [1.29, 1.82) is 5.26 Å². The minimum Gasteiger partial charge on any atom is -0.493 e. The van der Waals surface area contributed by atoms with Gasteiger partial charge < -0.3 is 14.8 Å².